The number of hydrogen-bond donors (Lipinski definition) is 2. The van der Waals surface area contributed by atoms with Crippen LogP contribution in [0.25, 0.3) is 0 Å². The lowest BCUT2D eigenvalue weighted by Gasteiger charge is -2.27. The topological polar surface area (TPSA) is 78.9 Å². The minimum atomic E-state index is -0.591. The number of halogens is 2. The van der Waals surface area contributed by atoms with Crippen molar-refractivity contribution in [2.45, 2.75) is 26.3 Å². The third-order valence-corrected chi connectivity index (χ3v) is 3.42. The number of benzene rings is 1. The summed E-state index contributed by atoms with van der Waals surface area (Å²) in [6, 6.07) is 4.43. The first-order valence-electron chi connectivity index (χ1n) is 6.09. The molecule has 0 aliphatic heterocycles. The summed E-state index contributed by atoms with van der Waals surface area (Å²) in [5, 5.41) is 11.4. The van der Waals surface area contributed by atoms with Crippen molar-refractivity contribution in [3.8, 4) is 0 Å². The molecule has 0 spiro atoms. The van der Waals surface area contributed by atoms with Gasteiger partial charge in [0.25, 0.3) is 5.91 Å². The number of rotatable bonds is 5. The molecule has 1 aromatic carbocycles. The number of oxime groups is 1. The predicted octanol–water partition coefficient (Wildman–Crippen LogP) is 2.58. The van der Waals surface area contributed by atoms with Gasteiger partial charge in [-0.25, -0.2) is 4.39 Å². The Morgan fingerprint density at radius 3 is 2.75 bits per heavy atom. The van der Waals surface area contributed by atoms with Crippen LogP contribution in [0.3, 0.4) is 0 Å². The largest absolute Gasteiger partial charge is 0.409 e. The second-order valence-corrected chi connectivity index (χ2v) is 5.39. The lowest BCUT2D eigenvalue weighted by molar-refractivity contribution is 0.0706. The lowest BCUT2D eigenvalue weighted by atomic mass is 10.1. The molecule has 0 aliphatic rings. The standard InChI is InChI=1S/C13H17BrFN3O2/c1-8(2)18(7-6-11(16)17-20)13(19)9-4-3-5-10(14)12(9)15/h3-5,8,20H,6-7H2,1-2H3,(H2,16,17). The first kappa shape index (κ1) is 16.4. The predicted molar refractivity (Wildman–Crippen MR) is 78.3 cm³/mol. The number of amidine groups is 1. The summed E-state index contributed by atoms with van der Waals surface area (Å²) in [5.74, 6) is -0.991. The van der Waals surface area contributed by atoms with Crippen LogP contribution >= 0.6 is 15.9 Å². The maximum atomic E-state index is 14.0. The molecule has 7 heteroatoms. The number of nitrogens with two attached hydrogens (primary N) is 1. The summed E-state index contributed by atoms with van der Waals surface area (Å²) in [5.41, 5.74) is 5.39. The molecule has 0 atom stereocenters. The van der Waals surface area contributed by atoms with Gasteiger partial charge in [-0.3, -0.25) is 4.79 Å². The molecule has 1 amide bonds. The van der Waals surface area contributed by atoms with E-state index in [2.05, 4.69) is 21.1 Å². The van der Waals surface area contributed by atoms with Crippen molar-refractivity contribution in [2.24, 2.45) is 10.9 Å². The van der Waals surface area contributed by atoms with Gasteiger partial charge in [-0.2, -0.15) is 0 Å². The third kappa shape index (κ3) is 3.93. The second kappa shape index (κ2) is 7.23. The fourth-order valence-electron chi connectivity index (χ4n) is 1.70. The molecule has 3 N–H and O–H groups in total. The minimum absolute atomic E-state index is 0.00687. The van der Waals surface area contributed by atoms with Crippen LogP contribution in [0.1, 0.15) is 30.6 Å². The van der Waals surface area contributed by atoms with E-state index in [1.54, 1.807) is 6.07 Å². The Hall–Kier alpha value is -1.63. The molecule has 0 saturated heterocycles. The Labute approximate surface area is 125 Å². The summed E-state index contributed by atoms with van der Waals surface area (Å²) in [4.78, 5) is 13.9. The van der Waals surface area contributed by atoms with Crippen LogP contribution in [0.15, 0.2) is 27.8 Å². The molecule has 0 saturated carbocycles. The molecular weight excluding hydrogens is 329 g/mol. The highest BCUT2D eigenvalue weighted by molar-refractivity contribution is 9.10. The molecule has 0 radical (unpaired) electrons. The van der Waals surface area contributed by atoms with Crippen LogP contribution in [-0.2, 0) is 0 Å². The number of carbonyl (C=O) groups is 1. The number of carbonyl (C=O) groups excluding carboxylic acids is 1. The lowest BCUT2D eigenvalue weighted by Crippen LogP contribution is -2.39. The zero-order chi connectivity index (χ0) is 15.3. The molecule has 0 heterocycles. The number of amides is 1. The van der Waals surface area contributed by atoms with Crippen molar-refractivity contribution in [3.63, 3.8) is 0 Å². The van der Waals surface area contributed by atoms with Gasteiger partial charge in [0.1, 0.15) is 11.7 Å². The molecule has 0 bridgehead atoms. The summed E-state index contributed by atoms with van der Waals surface area (Å²) in [6.07, 6.45) is 0.218. The van der Waals surface area contributed by atoms with E-state index in [1.807, 2.05) is 13.8 Å². The summed E-state index contributed by atoms with van der Waals surface area (Å²) in [6.45, 7) is 3.89. The van der Waals surface area contributed by atoms with Crippen molar-refractivity contribution in [1.29, 1.82) is 0 Å². The molecular formula is C13H17BrFN3O2. The summed E-state index contributed by atoms with van der Waals surface area (Å²) >= 11 is 3.06. The number of hydrogen-bond acceptors (Lipinski definition) is 3. The fraction of sp³-hybridized carbons (Fsp3) is 0.385. The Bertz CT molecular complexity index is 520. The summed E-state index contributed by atoms with van der Waals surface area (Å²) < 4.78 is 14.2. The minimum Gasteiger partial charge on any atom is -0.409 e. The van der Waals surface area contributed by atoms with E-state index >= 15 is 0 Å². The highest BCUT2D eigenvalue weighted by Gasteiger charge is 2.22. The van der Waals surface area contributed by atoms with E-state index in [-0.39, 0.29) is 34.9 Å². The van der Waals surface area contributed by atoms with Crippen molar-refractivity contribution in [3.05, 3.63) is 34.1 Å². The zero-order valence-corrected chi connectivity index (χ0v) is 12.9. The first-order chi connectivity index (χ1) is 9.38. The highest BCUT2D eigenvalue weighted by Crippen LogP contribution is 2.20. The molecule has 20 heavy (non-hydrogen) atoms. The molecule has 1 rings (SSSR count). The van der Waals surface area contributed by atoms with Crippen LogP contribution in [0, 0.1) is 5.82 Å². The molecule has 110 valence electrons. The molecule has 0 fully saturated rings. The average molecular weight is 346 g/mol. The van der Waals surface area contributed by atoms with Gasteiger partial charge < -0.3 is 15.8 Å². The van der Waals surface area contributed by atoms with Gasteiger partial charge >= 0.3 is 0 Å². The van der Waals surface area contributed by atoms with Crippen LogP contribution in [0.2, 0.25) is 0 Å². The van der Waals surface area contributed by atoms with Crippen LogP contribution in [0.4, 0.5) is 4.39 Å². The van der Waals surface area contributed by atoms with Gasteiger partial charge in [-0.05, 0) is 41.9 Å². The van der Waals surface area contributed by atoms with Crippen molar-refractivity contribution < 1.29 is 14.4 Å². The highest BCUT2D eigenvalue weighted by atomic mass is 79.9. The third-order valence-electron chi connectivity index (χ3n) is 2.80. The molecule has 0 unspecified atom stereocenters. The molecule has 5 nitrogen and oxygen atoms in total. The normalized spacial score (nSPS) is 11.8. The Kier molecular flexibility index (Phi) is 5.94. The van der Waals surface area contributed by atoms with E-state index in [4.69, 9.17) is 10.9 Å². The maximum Gasteiger partial charge on any atom is 0.257 e. The Morgan fingerprint density at radius 1 is 1.55 bits per heavy atom. The fourth-order valence-corrected chi connectivity index (χ4v) is 2.07. The van der Waals surface area contributed by atoms with E-state index < -0.39 is 11.7 Å². The molecule has 0 aromatic heterocycles. The van der Waals surface area contributed by atoms with Gasteiger partial charge in [0.15, 0.2) is 0 Å². The smallest absolute Gasteiger partial charge is 0.257 e. The van der Waals surface area contributed by atoms with E-state index in [0.717, 1.165) is 0 Å². The quantitative estimate of drug-likeness (QED) is 0.372. The van der Waals surface area contributed by atoms with Crippen molar-refractivity contribution in [1.82, 2.24) is 4.90 Å². The van der Waals surface area contributed by atoms with Gasteiger partial charge in [-0.15, -0.1) is 0 Å². The maximum absolute atomic E-state index is 14.0. The Balaban J connectivity index is 2.97. The molecule has 1 aromatic rings. The molecule has 0 aliphatic carbocycles. The SMILES string of the molecule is CC(C)N(CC/C(N)=N/O)C(=O)c1cccc(Br)c1F. The van der Waals surface area contributed by atoms with Gasteiger partial charge in [0, 0.05) is 19.0 Å². The van der Waals surface area contributed by atoms with Gasteiger partial charge in [0.05, 0.1) is 10.0 Å². The van der Waals surface area contributed by atoms with E-state index in [0.29, 0.717) is 0 Å². The van der Waals surface area contributed by atoms with Gasteiger partial charge in [-0.1, -0.05) is 11.2 Å². The zero-order valence-electron chi connectivity index (χ0n) is 11.3. The van der Waals surface area contributed by atoms with E-state index in [1.165, 1.54) is 17.0 Å². The van der Waals surface area contributed by atoms with Crippen LogP contribution < -0.4 is 5.73 Å². The average Bonchev–Trinajstić information content (AvgIpc) is 2.41. The first-order valence-corrected chi connectivity index (χ1v) is 6.89. The van der Waals surface area contributed by atoms with E-state index in [9.17, 15) is 9.18 Å². The monoisotopic (exact) mass is 345 g/mol. The van der Waals surface area contributed by atoms with Gasteiger partial charge in [0.2, 0.25) is 0 Å². The summed E-state index contributed by atoms with van der Waals surface area (Å²) in [7, 11) is 0. The Morgan fingerprint density at radius 2 is 2.20 bits per heavy atom. The van der Waals surface area contributed by atoms with Crippen molar-refractivity contribution >= 4 is 27.7 Å². The second-order valence-electron chi connectivity index (χ2n) is 4.54. The van der Waals surface area contributed by atoms with Crippen LogP contribution in [-0.4, -0.2) is 34.4 Å². The number of nitrogens with zero attached hydrogens (tertiary/aromatic N) is 2. The van der Waals surface area contributed by atoms with Crippen LogP contribution in [0.5, 0.6) is 0 Å². The van der Waals surface area contributed by atoms with Crippen molar-refractivity contribution in [2.75, 3.05) is 6.54 Å².